The SMILES string of the molecule is O=S(=O)(c1ccccc1Cl)N1CCc2[nH]c3cc(Cl)ccc3c2C1. The summed E-state index contributed by atoms with van der Waals surface area (Å²) in [5, 5.41) is 1.91. The van der Waals surface area contributed by atoms with Crippen molar-refractivity contribution in [1.29, 1.82) is 0 Å². The van der Waals surface area contributed by atoms with Gasteiger partial charge in [-0.25, -0.2) is 8.42 Å². The summed E-state index contributed by atoms with van der Waals surface area (Å²) in [4.78, 5) is 3.50. The van der Waals surface area contributed by atoms with E-state index < -0.39 is 10.0 Å². The van der Waals surface area contributed by atoms with E-state index in [0.717, 1.165) is 22.2 Å². The summed E-state index contributed by atoms with van der Waals surface area (Å²) >= 11 is 12.1. The third-order valence-electron chi connectivity index (χ3n) is 4.36. The smallest absolute Gasteiger partial charge is 0.244 e. The number of H-pyrrole nitrogens is 1. The van der Waals surface area contributed by atoms with E-state index in [9.17, 15) is 8.42 Å². The van der Waals surface area contributed by atoms with Crippen molar-refractivity contribution in [2.75, 3.05) is 6.54 Å². The van der Waals surface area contributed by atoms with Gasteiger partial charge in [-0.2, -0.15) is 4.31 Å². The first-order chi connectivity index (χ1) is 11.5. The van der Waals surface area contributed by atoms with Crippen molar-refractivity contribution in [3.8, 4) is 0 Å². The van der Waals surface area contributed by atoms with E-state index in [1.165, 1.54) is 4.31 Å². The van der Waals surface area contributed by atoms with Gasteiger partial charge in [-0.1, -0.05) is 41.4 Å². The van der Waals surface area contributed by atoms with Crippen LogP contribution in [0.4, 0.5) is 0 Å². The van der Waals surface area contributed by atoms with E-state index >= 15 is 0 Å². The summed E-state index contributed by atoms with van der Waals surface area (Å²) in [6.45, 7) is 0.742. The lowest BCUT2D eigenvalue weighted by molar-refractivity contribution is 0.391. The predicted molar refractivity (Wildman–Crippen MR) is 96.1 cm³/mol. The number of rotatable bonds is 2. The summed E-state index contributed by atoms with van der Waals surface area (Å²) < 4.78 is 27.4. The molecule has 0 saturated carbocycles. The van der Waals surface area contributed by atoms with E-state index in [4.69, 9.17) is 23.2 Å². The van der Waals surface area contributed by atoms with E-state index in [0.29, 0.717) is 24.5 Å². The molecule has 24 heavy (non-hydrogen) atoms. The molecule has 2 heterocycles. The van der Waals surface area contributed by atoms with Gasteiger partial charge >= 0.3 is 0 Å². The first-order valence-corrected chi connectivity index (χ1v) is 9.70. The van der Waals surface area contributed by atoms with Crippen molar-refractivity contribution >= 4 is 44.1 Å². The Balaban J connectivity index is 1.76. The minimum absolute atomic E-state index is 0.151. The molecule has 0 fully saturated rings. The Morgan fingerprint density at radius 1 is 1.08 bits per heavy atom. The van der Waals surface area contributed by atoms with Gasteiger partial charge in [-0.15, -0.1) is 0 Å². The average Bonchev–Trinajstić information content (AvgIpc) is 2.91. The fourth-order valence-electron chi connectivity index (χ4n) is 3.17. The predicted octanol–water partition coefficient (Wildman–Crippen LogP) is 4.22. The topological polar surface area (TPSA) is 53.2 Å². The number of aromatic amines is 1. The molecule has 1 aromatic heterocycles. The van der Waals surface area contributed by atoms with Gasteiger partial charge < -0.3 is 4.98 Å². The maximum Gasteiger partial charge on any atom is 0.244 e. The number of halogens is 2. The first-order valence-electron chi connectivity index (χ1n) is 7.50. The summed E-state index contributed by atoms with van der Waals surface area (Å²) in [6.07, 6.45) is 0.630. The Labute approximate surface area is 150 Å². The molecule has 0 radical (unpaired) electrons. The van der Waals surface area contributed by atoms with Crippen LogP contribution in [0.3, 0.4) is 0 Å². The number of nitrogens with one attached hydrogen (secondary N) is 1. The molecule has 3 aromatic rings. The van der Waals surface area contributed by atoms with Crippen LogP contribution in [0, 0.1) is 0 Å². The number of benzene rings is 2. The molecule has 0 unspecified atom stereocenters. The van der Waals surface area contributed by atoms with Crippen LogP contribution >= 0.6 is 23.2 Å². The van der Waals surface area contributed by atoms with Crippen molar-refractivity contribution < 1.29 is 8.42 Å². The van der Waals surface area contributed by atoms with Gasteiger partial charge in [0.25, 0.3) is 0 Å². The van der Waals surface area contributed by atoms with Crippen LogP contribution in [0.1, 0.15) is 11.3 Å². The van der Waals surface area contributed by atoms with Crippen LogP contribution in [-0.2, 0) is 23.0 Å². The van der Waals surface area contributed by atoms with Gasteiger partial charge in [-0.3, -0.25) is 0 Å². The summed E-state index contributed by atoms with van der Waals surface area (Å²) in [6, 6.07) is 12.2. The highest BCUT2D eigenvalue weighted by Crippen LogP contribution is 2.33. The molecule has 0 amide bonds. The van der Waals surface area contributed by atoms with Crippen molar-refractivity contribution in [2.45, 2.75) is 17.9 Å². The average molecular weight is 381 g/mol. The molecule has 0 atom stereocenters. The lowest BCUT2D eigenvalue weighted by Gasteiger charge is -2.26. The van der Waals surface area contributed by atoms with Gasteiger partial charge in [0, 0.05) is 41.1 Å². The number of fused-ring (bicyclic) bond motifs is 3. The highest BCUT2D eigenvalue weighted by atomic mass is 35.5. The summed E-state index contributed by atoms with van der Waals surface area (Å²) in [5.74, 6) is 0. The van der Waals surface area contributed by atoms with Crippen LogP contribution in [0.15, 0.2) is 47.4 Å². The van der Waals surface area contributed by atoms with Crippen molar-refractivity contribution in [2.24, 2.45) is 0 Å². The maximum absolute atomic E-state index is 12.9. The molecular formula is C17H14Cl2N2O2S. The molecule has 7 heteroatoms. The quantitative estimate of drug-likeness (QED) is 0.723. The Hall–Kier alpha value is -1.53. The largest absolute Gasteiger partial charge is 0.358 e. The van der Waals surface area contributed by atoms with Crippen LogP contribution < -0.4 is 0 Å². The lowest BCUT2D eigenvalue weighted by atomic mass is 10.1. The van der Waals surface area contributed by atoms with E-state index in [1.54, 1.807) is 24.3 Å². The van der Waals surface area contributed by atoms with Crippen LogP contribution in [0.2, 0.25) is 10.0 Å². The zero-order chi connectivity index (χ0) is 16.9. The highest BCUT2D eigenvalue weighted by molar-refractivity contribution is 7.89. The fourth-order valence-corrected chi connectivity index (χ4v) is 5.24. The van der Waals surface area contributed by atoms with Gasteiger partial charge in [0.05, 0.1) is 5.02 Å². The molecular weight excluding hydrogens is 367 g/mol. The number of sulfonamides is 1. The van der Waals surface area contributed by atoms with Crippen LogP contribution in [-0.4, -0.2) is 24.3 Å². The van der Waals surface area contributed by atoms with Crippen LogP contribution in [0.5, 0.6) is 0 Å². The number of hydrogen-bond donors (Lipinski definition) is 1. The Bertz CT molecular complexity index is 1040. The molecule has 0 bridgehead atoms. The van der Waals surface area contributed by atoms with Crippen molar-refractivity contribution in [3.05, 3.63) is 63.8 Å². The molecule has 124 valence electrons. The second kappa shape index (κ2) is 5.77. The standard InChI is InChI=1S/C17H14Cl2N2O2S/c18-11-5-6-12-13-10-21(8-7-15(13)20-16(12)9-11)24(22,23)17-4-2-1-3-14(17)19/h1-6,9,20H,7-8,10H2. The Kier molecular flexibility index (Phi) is 3.84. The van der Waals surface area contributed by atoms with E-state index in [1.807, 2.05) is 18.2 Å². The van der Waals surface area contributed by atoms with Gasteiger partial charge in [0.15, 0.2) is 0 Å². The zero-order valence-corrected chi connectivity index (χ0v) is 14.9. The molecule has 4 nitrogen and oxygen atoms in total. The molecule has 4 rings (SSSR count). The third-order valence-corrected chi connectivity index (χ3v) is 6.94. The normalized spacial score (nSPS) is 15.6. The maximum atomic E-state index is 12.9. The molecule has 1 aliphatic heterocycles. The van der Waals surface area contributed by atoms with E-state index in [2.05, 4.69) is 4.98 Å². The summed E-state index contributed by atoms with van der Waals surface area (Å²) in [5.41, 5.74) is 3.01. The lowest BCUT2D eigenvalue weighted by Crippen LogP contribution is -2.35. The molecule has 0 aliphatic carbocycles. The zero-order valence-electron chi connectivity index (χ0n) is 12.6. The van der Waals surface area contributed by atoms with Crippen molar-refractivity contribution in [1.82, 2.24) is 9.29 Å². The minimum atomic E-state index is -3.63. The number of nitrogens with zero attached hydrogens (tertiary/aromatic N) is 1. The highest BCUT2D eigenvalue weighted by Gasteiger charge is 2.31. The first kappa shape index (κ1) is 16.0. The Morgan fingerprint density at radius 2 is 1.88 bits per heavy atom. The second-order valence-corrected chi connectivity index (χ2v) is 8.54. The van der Waals surface area contributed by atoms with E-state index in [-0.39, 0.29) is 9.92 Å². The molecule has 0 saturated heterocycles. The monoisotopic (exact) mass is 380 g/mol. The molecule has 0 spiro atoms. The van der Waals surface area contributed by atoms with Gasteiger partial charge in [0.1, 0.15) is 4.90 Å². The van der Waals surface area contributed by atoms with Crippen LogP contribution in [0.25, 0.3) is 10.9 Å². The molecule has 2 aromatic carbocycles. The number of hydrogen-bond acceptors (Lipinski definition) is 2. The third kappa shape index (κ3) is 2.52. The molecule has 1 N–H and O–H groups in total. The number of aromatic nitrogens is 1. The van der Waals surface area contributed by atoms with Gasteiger partial charge in [0.2, 0.25) is 10.0 Å². The minimum Gasteiger partial charge on any atom is -0.358 e. The van der Waals surface area contributed by atoms with Gasteiger partial charge in [-0.05, 0) is 29.8 Å². The molecule has 1 aliphatic rings. The summed E-state index contributed by atoms with van der Waals surface area (Å²) in [7, 11) is -3.63. The van der Waals surface area contributed by atoms with Crippen molar-refractivity contribution in [3.63, 3.8) is 0 Å². The Morgan fingerprint density at radius 3 is 2.67 bits per heavy atom. The fraction of sp³-hybridized carbons (Fsp3) is 0.176. The second-order valence-electron chi connectivity index (χ2n) is 5.79.